The fraction of sp³-hybridized carbons (Fsp3) is 0.367. The van der Waals surface area contributed by atoms with E-state index in [1.807, 2.05) is 6.07 Å². The number of hydrogen-bond acceptors (Lipinski definition) is 5. The van der Waals surface area contributed by atoms with E-state index in [1.54, 1.807) is 30.8 Å². The van der Waals surface area contributed by atoms with Crippen LogP contribution in [0.1, 0.15) is 47.4 Å². The van der Waals surface area contributed by atoms with Crippen LogP contribution < -0.4 is 0 Å². The van der Waals surface area contributed by atoms with E-state index in [0.717, 1.165) is 62.8 Å². The molecular formula is C30H32N4O2. The Morgan fingerprint density at radius 2 is 1.75 bits per heavy atom. The number of nitrogens with zero attached hydrogens (tertiary/aromatic N) is 4. The maximum absolute atomic E-state index is 13.6. The standard InChI is InChI=1S/C30H32N4O2/c35-30(28-10-5-19-36-28)34(25-11-12-25)27(20-22-6-2-1-3-7-22)23-13-17-33(18-14-23)21-24-8-4-9-26-29(24)32-16-15-31-26/h1-10,15-16,19,23,25,27H,11-14,17-18,20-21H2. The first-order chi connectivity index (χ1) is 17.8. The van der Waals surface area contributed by atoms with Gasteiger partial charge >= 0.3 is 0 Å². The van der Waals surface area contributed by atoms with Crippen molar-refractivity contribution in [3.05, 3.63) is 96.2 Å². The van der Waals surface area contributed by atoms with Gasteiger partial charge in [0.2, 0.25) is 0 Å². The summed E-state index contributed by atoms with van der Waals surface area (Å²) < 4.78 is 5.55. The molecule has 6 nitrogen and oxygen atoms in total. The molecule has 184 valence electrons. The molecule has 2 fully saturated rings. The number of rotatable bonds is 8. The normalized spacial score (nSPS) is 17.8. The lowest BCUT2D eigenvalue weighted by Gasteiger charge is -2.41. The van der Waals surface area contributed by atoms with E-state index in [9.17, 15) is 4.79 Å². The molecule has 1 aliphatic carbocycles. The highest BCUT2D eigenvalue weighted by molar-refractivity contribution is 5.92. The van der Waals surface area contributed by atoms with Gasteiger partial charge in [-0.2, -0.15) is 0 Å². The van der Waals surface area contributed by atoms with Crippen molar-refractivity contribution >= 4 is 16.9 Å². The first-order valence-corrected chi connectivity index (χ1v) is 13.1. The average Bonchev–Trinajstić information content (AvgIpc) is 3.60. The van der Waals surface area contributed by atoms with Crippen molar-refractivity contribution in [1.29, 1.82) is 0 Å². The van der Waals surface area contributed by atoms with Gasteiger partial charge in [0, 0.05) is 31.0 Å². The lowest BCUT2D eigenvalue weighted by Crippen LogP contribution is -2.50. The molecule has 1 saturated carbocycles. The average molecular weight is 481 g/mol. The fourth-order valence-electron chi connectivity index (χ4n) is 5.73. The van der Waals surface area contributed by atoms with Gasteiger partial charge in [-0.1, -0.05) is 42.5 Å². The molecule has 1 unspecified atom stereocenters. The van der Waals surface area contributed by atoms with E-state index in [0.29, 0.717) is 17.7 Å². The third-order valence-corrected chi connectivity index (χ3v) is 7.70. The van der Waals surface area contributed by atoms with Crippen molar-refractivity contribution in [2.45, 2.75) is 50.7 Å². The van der Waals surface area contributed by atoms with Crippen LogP contribution in [0.15, 0.2) is 83.7 Å². The molecule has 36 heavy (non-hydrogen) atoms. The van der Waals surface area contributed by atoms with Crippen molar-refractivity contribution in [2.75, 3.05) is 13.1 Å². The first-order valence-electron chi connectivity index (χ1n) is 13.1. The second kappa shape index (κ2) is 10.2. The van der Waals surface area contributed by atoms with E-state index >= 15 is 0 Å². The molecule has 0 bridgehead atoms. The molecule has 0 spiro atoms. The summed E-state index contributed by atoms with van der Waals surface area (Å²) in [7, 11) is 0. The summed E-state index contributed by atoms with van der Waals surface area (Å²) in [6.07, 6.45) is 10.3. The van der Waals surface area contributed by atoms with Gasteiger partial charge in [-0.25, -0.2) is 0 Å². The Bertz CT molecular complexity index is 1290. The maximum atomic E-state index is 13.6. The minimum Gasteiger partial charge on any atom is -0.459 e. The van der Waals surface area contributed by atoms with Gasteiger partial charge in [0.1, 0.15) is 0 Å². The molecule has 2 aliphatic rings. The van der Waals surface area contributed by atoms with Gasteiger partial charge in [0.15, 0.2) is 5.76 Å². The number of benzene rings is 2. The van der Waals surface area contributed by atoms with E-state index in [-0.39, 0.29) is 11.9 Å². The fourth-order valence-corrected chi connectivity index (χ4v) is 5.73. The van der Waals surface area contributed by atoms with Crippen molar-refractivity contribution in [2.24, 2.45) is 5.92 Å². The second-order valence-corrected chi connectivity index (χ2v) is 10.1. The molecule has 1 aliphatic heterocycles. The number of piperidine rings is 1. The van der Waals surface area contributed by atoms with Crippen molar-refractivity contribution in [1.82, 2.24) is 19.8 Å². The third-order valence-electron chi connectivity index (χ3n) is 7.70. The van der Waals surface area contributed by atoms with Crippen LogP contribution in [0, 0.1) is 5.92 Å². The van der Waals surface area contributed by atoms with Crippen LogP contribution in [0.25, 0.3) is 11.0 Å². The molecule has 0 radical (unpaired) electrons. The molecule has 6 rings (SSSR count). The van der Waals surface area contributed by atoms with Crippen LogP contribution in [0.2, 0.25) is 0 Å². The molecule has 3 heterocycles. The monoisotopic (exact) mass is 480 g/mol. The molecule has 2 aromatic heterocycles. The van der Waals surface area contributed by atoms with Crippen LogP contribution in [-0.2, 0) is 13.0 Å². The number of para-hydroxylation sites is 1. The molecule has 1 atom stereocenters. The molecule has 0 N–H and O–H groups in total. The van der Waals surface area contributed by atoms with Crippen LogP contribution in [-0.4, -0.2) is 50.8 Å². The molecule has 2 aromatic carbocycles. The van der Waals surface area contributed by atoms with Crippen LogP contribution in [0.4, 0.5) is 0 Å². The highest BCUT2D eigenvalue weighted by atomic mass is 16.3. The Morgan fingerprint density at radius 1 is 0.944 bits per heavy atom. The Kier molecular flexibility index (Phi) is 6.51. The SMILES string of the molecule is O=C(c1ccco1)N(C1CC1)C(Cc1ccccc1)C1CCN(Cc2cccc3nccnc23)CC1. The van der Waals surface area contributed by atoms with E-state index in [2.05, 4.69) is 62.2 Å². The lowest BCUT2D eigenvalue weighted by atomic mass is 9.84. The second-order valence-electron chi connectivity index (χ2n) is 10.1. The highest BCUT2D eigenvalue weighted by Crippen LogP contribution is 2.36. The number of fused-ring (bicyclic) bond motifs is 1. The minimum atomic E-state index is 0.0418. The van der Waals surface area contributed by atoms with Gasteiger partial charge in [0.25, 0.3) is 5.91 Å². The van der Waals surface area contributed by atoms with Gasteiger partial charge in [-0.3, -0.25) is 19.7 Å². The number of furan rings is 1. The smallest absolute Gasteiger partial charge is 0.290 e. The summed E-state index contributed by atoms with van der Waals surface area (Å²) in [6.45, 7) is 2.91. The Balaban J connectivity index is 1.20. The molecule has 1 amide bonds. The quantitative estimate of drug-likeness (QED) is 0.340. The largest absolute Gasteiger partial charge is 0.459 e. The maximum Gasteiger partial charge on any atom is 0.290 e. The predicted molar refractivity (Wildman–Crippen MR) is 139 cm³/mol. The zero-order chi connectivity index (χ0) is 24.3. The Hall–Kier alpha value is -3.51. The summed E-state index contributed by atoms with van der Waals surface area (Å²) in [5, 5.41) is 0. The molecule has 1 saturated heterocycles. The molecule has 4 aromatic rings. The van der Waals surface area contributed by atoms with Crippen molar-refractivity contribution in [3.8, 4) is 0 Å². The van der Waals surface area contributed by atoms with Crippen molar-refractivity contribution < 1.29 is 9.21 Å². The predicted octanol–water partition coefficient (Wildman–Crippen LogP) is 5.35. The van der Waals surface area contributed by atoms with Crippen LogP contribution in [0.3, 0.4) is 0 Å². The summed E-state index contributed by atoms with van der Waals surface area (Å²) in [6, 6.07) is 21.0. The Morgan fingerprint density at radius 3 is 2.50 bits per heavy atom. The number of aromatic nitrogens is 2. The number of amides is 1. The highest BCUT2D eigenvalue weighted by Gasteiger charge is 2.42. The van der Waals surface area contributed by atoms with Gasteiger partial charge in [-0.15, -0.1) is 0 Å². The Labute approximate surface area is 212 Å². The van der Waals surface area contributed by atoms with E-state index < -0.39 is 0 Å². The number of hydrogen-bond donors (Lipinski definition) is 0. The van der Waals surface area contributed by atoms with Crippen LogP contribution >= 0.6 is 0 Å². The zero-order valence-electron chi connectivity index (χ0n) is 20.5. The summed E-state index contributed by atoms with van der Waals surface area (Å²) in [4.78, 5) is 27.3. The minimum absolute atomic E-state index is 0.0418. The van der Waals surface area contributed by atoms with Gasteiger partial charge in [-0.05, 0) is 80.4 Å². The van der Waals surface area contributed by atoms with E-state index in [1.165, 1.54) is 11.1 Å². The number of likely N-dealkylation sites (tertiary alicyclic amines) is 1. The summed E-state index contributed by atoms with van der Waals surface area (Å²) in [5.74, 6) is 0.947. The van der Waals surface area contributed by atoms with Gasteiger partial charge in [0.05, 0.1) is 17.3 Å². The van der Waals surface area contributed by atoms with Crippen molar-refractivity contribution in [3.63, 3.8) is 0 Å². The zero-order valence-corrected chi connectivity index (χ0v) is 20.5. The lowest BCUT2D eigenvalue weighted by molar-refractivity contribution is 0.0454. The molecule has 6 heteroatoms. The van der Waals surface area contributed by atoms with Crippen LogP contribution in [0.5, 0.6) is 0 Å². The topological polar surface area (TPSA) is 62.5 Å². The first kappa shape index (κ1) is 22.9. The number of carbonyl (C=O) groups excluding carboxylic acids is 1. The summed E-state index contributed by atoms with van der Waals surface area (Å²) >= 11 is 0. The summed E-state index contributed by atoms with van der Waals surface area (Å²) in [5.41, 5.74) is 4.46. The molecular weight excluding hydrogens is 448 g/mol. The van der Waals surface area contributed by atoms with E-state index in [4.69, 9.17) is 4.42 Å². The number of carbonyl (C=O) groups is 1. The van der Waals surface area contributed by atoms with Gasteiger partial charge < -0.3 is 9.32 Å². The third kappa shape index (κ3) is 4.91.